The fourth-order valence-corrected chi connectivity index (χ4v) is 1.23. The maximum atomic E-state index is 13.2. The predicted molar refractivity (Wildman–Crippen MR) is 52.8 cm³/mol. The number of hydrogen-bond acceptors (Lipinski definition) is 3. The van der Waals surface area contributed by atoms with Gasteiger partial charge in [0, 0.05) is 13.6 Å². The topological polar surface area (TPSA) is 43.7 Å². The van der Waals surface area contributed by atoms with E-state index < -0.39 is 6.10 Å². The first kappa shape index (κ1) is 10.9. The molecule has 1 aromatic carbocycles. The fourth-order valence-electron chi connectivity index (χ4n) is 1.23. The molecule has 0 saturated heterocycles. The van der Waals surface area contributed by atoms with E-state index in [9.17, 15) is 4.39 Å². The van der Waals surface area contributed by atoms with Gasteiger partial charge >= 0.3 is 0 Å². The molecule has 0 aliphatic heterocycles. The molecule has 2 N–H and O–H groups in total. The van der Waals surface area contributed by atoms with E-state index in [4.69, 9.17) is 10.2 Å². The van der Waals surface area contributed by atoms with Crippen LogP contribution in [0.25, 0.3) is 0 Å². The average molecular weight is 199 g/mol. The normalized spacial score (nSPS) is 12.6. The molecular formula is C10H14FNO2. The average Bonchev–Trinajstić information content (AvgIpc) is 2.18. The Bertz CT molecular complexity index is 293. The molecule has 78 valence electrons. The summed E-state index contributed by atoms with van der Waals surface area (Å²) in [4.78, 5) is 1.57. The van der Waals surface area contributed by atoms with Gasteiger partial charge < -0.3 is 15.1 Å². The van der Waals surface area contributed by atoms with Gasteiger partial charge in [-0.1, -0.05) is 12.1 Å². The van der Waals surface area contributed by atoms with Crippen LogP contribution in [0.15, 0.2) is 24.3 Å². The molecule has 1 aromatic rings. The third kappa shape index (κ3) is 2.68. The first-order valence-corrected chi connectivity index (χ1v) is 4.39. The van der Waals surface area contributed by atoms with Crippen LogP contribution in [0.4, 0.5) is 10.1 Å². The summed E-state index contributed by atoms with van der Waals surface area (Å²) in [6, 6.07) is 6.31. The Labute approximate surface area is 82.4 Å². The quantitative estimate of drug-likeness (QED) is 0.747. The van der Waals surface area contributed by atoms with E-state index >= 15 is 0 Å². The standard InChI is InChI=1S/C10H14FNO2/c1-12(6-8(14)7-13)10-5-3-2-4-9(10)11/h2-5,8,13-14H,6-7H2,1H3/t8-/m0/s1. The number of benzene rings is 1. The van der Waals surface area contributed by atoms with Gasteiger partial charge in [0.05, 0.1) is 18.4 Å². The molecule has 0 aliphatic carbocycles. The summed E-state index contributed by atoms with van der Waals surface area (Å²) in [6.45, 7) is -0.115. The summed E-state index contributed by atoms with van der Waals surface area (Å²) in [5.41, 5.74) is 0.417. The Hall–Kier alpha value is -1.13. The molecular weight excluding hydrogens is 185 g/mol. The lowest BCUT2D eigenvalue weighted by atomic mass is 10.2. The second-order valence-corrected chi connectivity index (χ2v) is 3.17. The van der Waals surface area contributed by atoms with Crippen LogP contribution in [-0.2, 0) is 0 Å². The van der Waals surface area contributed by atoms with Crippen molar-refractivity contribution in [2.45, 2.75) is 6.10 Å². The lowest BCUT2D eigenvalue weighted by Gasteiger charge is -2.21. The number of aliphatic hydroxyl groups is 2. The van der Waals surface area contributed by atoms with E-state index in [-0.39, 0.29) is 19.0 Å². The molecule has 14 heavy (non-hydrogen) atoms. The molecule has 3 nitrogen and oxygen atoms in total. The smallest absolute Gasteiger partial charge is 0.146 e. The highest BCUT2D eigenvalue weighted by Gasteiger charge is 2.10. The number of halogens is 1. The van der Waals surface area contributed by atoms with E-state index in [2.05, 4.69) is 0 Å². The number of hydrogen-bond donors (Lipinski definition) is 2. The number of anilines is 1. The third-order valence-corrected chi connectivity index (χ3v) is 1.96. The van der Waals surface area contributed by atoms with Crippen molar-refractivity contribution in [1.82, 2.24) is 0 Å². The van der Waals surface area contributed by atoms with Crippen LogP contribution in [0, 0.1) is 5.82 Å². The summed E-state index contributed by atoms with van der Waals surface area (Å²) in [7, 11) is 1.66. The predicted octanol–water partition coefficient (Wildman–Crippen LogP) is 0.615. The van der Waals surface area contributed by atoms with Crippen LogP contribution in [-0.4, -0.2) is 36.5 Å². The first-order chi connectivity index (χ1) is 6.65. The number of aliphatic hydroxyl groups excluding tert-OH is 2. The Balaban J connectivity index is 2.69. The van der Waals surface area contributed by atoms with Crippen molar-refractivity contribution in [3.63, 3.8) is 0 Å². The molecule has 4 heteroatoms. The van der Waals surface area contributed by atoms with E-state index in [1.165, 1.54) is 6.07 Å². The van der Waals surface area contributed by atoms with Crippen LogP contribution in [0.5, 0.6) is 0 Å². The zero-order valence-corrected chi connectivity index (χ0v) is 8.02. The van der Waals surface area contributed by atoms with Gasteiger partial charge in [-0.25, -0.2) is 4.39 Å². The number of likely N-dealkylation sites (N-methyl/N-ethyl adjacent to an activating group) is 1. The minimum atomic E-state index is -0.848. The van der Waals surface area contributed by atoms with Crippen molar-refractivity contribution >= 4 is 5.69 Å². The lowest BCUT2D eigenvalue weighted by Crippen LogP contribution is -2.31. The first-order valence-electron chi connectivity index (χ1n) is 4.39. The molecule has 0 saturated carbocycles. The summed E-state index contributed by atoms with van der Waals surface area (Å²) >= 11 is 0. The Morgan fingerprint density at radius 2 is 2.07 bits per heavy atom. The van der Waals surface area contributed by atoms with Crippen LogP contribution >= 0.6 is 0 Å². The van der Waals surface area contributed by atoms with Gasteiger partial charge in [0.25, 0.3) is 0 Å². The maximum Gasteiger partial charge on any atom is 0.146 e. The maximum absolute atomic E-state index is 13.2. The minimum Gasteiger partial charge on any atom is -0.394 e. The molecule has 0 spiro atoms. The molecule has 0 aliphatic rings. The summed E-state index contributed by atoms with van der Waals surface area (Å²) in [5, 5.41) is 17.8. The molecule has 0 aromatic heterocycles. The van der Waals surface area contributed by atoms with Gasteiger partial charge in [-0.2, -0.15) is 0 Å². The largest absolute Gasteiger partial charge is 0.394 e. The van der Waals surface area contributed by atoms with E-state index in [1.54, 1.807) is 30.1 Å². The second-order valence-electron chi connectivity index (χ2n) is 3.17. The second kappa shape index (κ2) is 4.93. The van der Waals surface area contributed by atoms with Gasteiger partial charge in [-0.3, -0.25) is 0 Å². The van der Waals surface area contributed by atoms with Crippen molar-refractivity contribution in [3.05, 3.63) is 30.1 Å². The molecule has 0 radical (unpaired) electrons. The lowest BCUT2D eigenvalue weighted by molar-refractivity contribution is 0.101. The minimum absolute atomic E-state index is 0.206. The highest BCUT2D eigenvalue weighted by Crippen LogP contribution is 2.16. The Kier molecular flexibility index (Phi) is 3.85. The molecule has 0 unspecified atom stereocenters. The van der Waals surface area contributed by atoms with E-state index in [0.29, 0.717) is 5.69 Å². The molecule has 0 heterocycles. The summed E-state index contributed by atoms with van der Waals surface area (Å²) < 4.78 is 13.2. The Morgan fingerprint density at radius 1 is 1.43 bits per heavy atom. The van der Waals surface area contributed by atoms with Crippen LogP contribution in [0.1, 0.15) is 0 Å². The molecule has 0 amide bonds. The van der Waals surface area contributed by atoms with Gasteiger partial charge in [-0.05, 0) is 12.1 Å². The van der Waals surface area contributed by atoms with Crippen molar-refractivity contribution in [1.29, 1.82) is 0 Å². The zero-order valence-electron chi connectivity index (χ0n) is 8.02. The van der Waals surface area contributed by atoms with Gasteiger partial charge in [0.1, 0.15) is 5.82 Å². The zero-order chi connectivity index (χ0) is 10.6. The van der Waals surface area contributed by atoms with E-state index in [1.807, 2.05) is 0 Å². The highest BCUT2D eigenvalue weighted by atomic mass is 19.1. The van der Waals surface area contributed by atoms with Crippen LogP contribution in [0.3, 0.4) is 0 Å². The van der Waals surface area contributed by atoms with Gasteiger partial charge in [0.15, 0.2) is 0 Å². The summed E-state index contributed by atoms with van der Waals surface area (Å²) in [6.07, 6.45) is -0.848. The summed E-state index contributed by atoms with van der Waals surface area (Å²) in [5.74, 6) is -0.333. The van der Waals surface area contributed by atoms with Crippen LogP contribution in [0.2, 0.25) is 0 Å². The van der Waals surface area contributed by atoms with Crippen molar-refractivity contribution in [2.24, 2.45) is 0 Å². The van der Waals surface area contributed by atoms with Crippen LogP contribution < -0.4 is 4.90 Å². The molecule has 0 fully saturated rings. The number of nitrogens with zero attached hydrogens (tertiary/aromatic N) is 1. The molecule has 1 atom stereocenters. The highest BCUT2D eigenvalue weighted by molar-refractivity contribution is 5.46. The third-order valence-electron chi connectivity index (χ3n) is 1.96. The SMILES string of the molecule is CN(C[C@H](O)CO)c1ccccc1F. The van der Waals surface area contributed by atoms with Crippen molar-refractivity contribution < 1.29 is 14.6 Å². The monoisotopic (exact) mass is 199 g/mol. The van der Waals surface area contributed by atoms with Crippen molar-refractivity contribution in [3.8, 4) is 0 Å². The van der Waals surface area contributed by atoms with E-state index in [0.717, 1.165) is 0 Å². The van der Waals surface area contributed by atoms with Gasteiger partial charge in [0.2, 0.25) is 0 Å². The fraction of sp³-hybridized carbons (Fsp3) is 0.400. The Morgan fingerprint density at radius 3 is 2.64 bits per heavy atom. The van der Waals surface area contributed by atoms with Crippen molar-refractivity contribution in [2.75, 3.05) is 25.1 Å². The number of para-hydroxylation sites is 1. The number of rotatable bonds is 4. The molecule has 0 bridgehead atoms. The van der Waals surface area contributed by atoms with Gasteiger partial charge in [-0.15, -0.1) is 0 Å². The molecule has 1 rings (SSSR count).